The molecule has 0 heterocycles. The summed E-state index contributed by atoms with van der Waals surface area (Å²) in [7, 11) is 0. The first-order chi connectivity index (χ1) is 9.18. The summed E-state index contributed by atoms with van der Waals surface area (Å²) in [5.41, 5.74) is 0.506. The van der Waals surface area contributed by atoms with E-state index < -0.39 is 0 Å². The van der Waals surface area contributed by atoms with Crippen LogP contribution in [0.5, 0.6) is 0 Å². The van der Waals surface area contributed by atoms with Gasteiger partial charge in [-0.05, 0) is 13.3 Å². The minimum atomic E-state index is -0.135. The van der Waals surface area contributed by atoms with E-state index >= 15 is 0 Å². The molecule has 0 bridgehead atoms. The lowest BCUT2D eigenvalue weighted by atomic mass is 10.3. The van der Waals surface area contributed by atoms with Crippen molar-refractivity contribution in [2.45, 2.75) is 26.7 Å². The van der Waals surface area contributed by atoms with E-state index in [1.807, 2.05) is 0 Å². The van der Waals surface area contributed by atoms with Crippen molar-refractivity contribution in [1.29, 1.82) is 0 Å². The first kappa shape index (κ1) is 18.1. The Morgan fingerprint density at radius 3 is 2.05 bits per heavy atom. The molecular weight excluding hydrogens is 246 g/mol. The van der Waals surface area contributed by atoms with Crippen LogP contribution in [0.3, 0.4) is 0 Å². The Kier molecular flexibility index (Phi) is 12.9. The van der Waals surface area contributed by atoms with E-state index in [0.717, 1.165) is 19.4 Å². The van der Waals surface area contributed by atoms with Crippen LogP contribution in [-0.4, -0.2) is 52.1 Å². The summed E-state index contributed by atoms with van der Waals surface area (Å²) in [5, 5.41) is 2.69. The summed E-state index contributed by atoms with van der Waals surface area (Å²) >= 11 is 0. The number of unbranched alkanes of at least 4 members (excludes halogenated alkanes) is 1. The molecule has 0 rings (SSSR count). The van der Waals surface area contributed by atoms with Crippen molar-refractivity contribution in [3.05, 3.63) is 12.2 Å². The summed E-state index contributed by atoms with van der Waals surface area (Å²) in [6.07, 6.45) is 2.25. The quantitative estimate of drug-likeness (QED) is 0.408. The molecule has 0 aromatic rings. The summed E-state index contributed by atoms with van der Waals surface area (Å²) < 4.78 is 16.0. The second kappa shape index (κ2) is 13.5. The molecule has 0 radical (unpaired) electrons. The van der Waals surface area contributed by atoms with E-state index in [4.69, 9.17) is 14.2 Å². The number of nitrogens with one attached hydrogen (secondary N) is 1. The first-order valence-corrected chi connectivity index (χ1v) is 6.85. The van der Waals surface area contributed by atoms with Gasteiger partial charge in [0.1, 0.15) is 0 Å². The number of hydrogen-bond donors (Lipinski definition) is 1. The standard InChI is InChI=1S/C14H27NO4/c1-4-5-7-17-9-11-19-12-10-18-8-6-15-14(16)13(2)3/h2,4-12H2,1,3H3,(H,15,16). The Morgan fingerprint density at radius 1 is 1.00 bits per heavy atom. The average Bonchev–Trinajstić information content (AvgIpc) is 2.39. The zero-order valence-corrected chi connectivity index (χ0v) is 12.2. The predicted octanol–water partition coefficient (Wildman–Crippen LogP) is 1.53. The minimum absolute atomic E-state index is 0.135. The van der Waals surface area contributed by atoms with Gasteiger partial charge in [0.15, 0.2) is 0 Å². The topological polar surface area (TPSA) is 56.8 Å². The van der Waals surface area contributed by atoms with E-state index in [9.17, 15) is 4.79 Å². The lowest BCUT2D eigenvalue weighted by Gasteiger charge is -2.07. The summed E-state index contributed by atoms with van der Waals surface area (Å²) in [5.74, 6) is -0.135. The van der Waals surface area contributed by atoms with E-state index in [1.54, 1.807) is 6.92 Å². The SMILES string of the molecule is C=C(C)C(=O)NCCOCCOCCOCCCC. The molecule has 1 N–H and O–H groups in total. The Morgan fingerprint density at radius 2 is 1.53 bits per heavy atom. The molecule has 112 valence electrons. The molecule has 0 unspecified atom stereocenters. The molecule has 0 aromatic carbocycles. The Bertz CT molecular complexity index is 244. The molecule has 0 saturated carbocycles. The van der Waals surface area contributed by atoms with Crippen LogP contribution in [0.15, 0.2) is 12.2 Å². The number of amides is 1. The monoisotopic (exact) mass is 273 g/mol. The van der Waals surface area contributed by atoms with Crippen LogP contribution in [0.25, 0.3) is 0 Å². The maximum atomic E-state index is 11.1. The summed E-state index contributed by atoms with van der Waals surface area (Å²) in [4.78, 5) is 11.1. The van der Waals surface area contributed by atoms with Gasteiger partial charge in [0, 0.05) is 18.7 Å². The molecule has 5 nitrogen and oxygen atoms in total. The lowest BCUT2D eigenvalue weighted by Crippen LogP contribution is -2.27. The lowest BCUT2D eigenvalue weighted by molar-refractivity contribution is -0.117. The zero-order valence-electron chi connectivity index (χ0n) is 12.2. The molecule has 1 amide bonds. The van der Waals surface area contributed by atoms with Gasteiger partial charge in [0.2, 0.25) is 5.91 Å². The van der Waals surface area contributed by atoms with Crippen molar-refractivity contribution in [3.8, 4) is 0 Å². The number of carbonyl (C=O) groups excluding carboxylic acids is 1. The maximum absolute atomic E-state index is 11.1. The van der Waals surface area contributed by atoms with Gasteiger partial charge >= 0.3 is 0 Å². The van der Waals surface area contributed by atoms with Gasteiger partial charge in [-0.15, -0.1) is 0 Å². The van der Waals surface area contributed by atoms with Crippen molar-refractivity contribution < 1.29 is 19.0 Å². The highest BCUT2D eigenvalue weighted by Crippen LogP contribution is 1.88. The smallest absolute Gasteiger partial charge is 0.246 e. The average molecular weight is 273 g/mol. The molecule has 0 aliphatic rings. The van der Waals surface area contributed by atoms with Crippen LogP contribution >= 0.6 is 0 Å². The van der Waals surface area contributed by atoms with E-state index in [1.165, 1.54) is 0 Å². The first-order valence-electron chi connectivity index (χ1n) is 6.85. The van der Waals surface area contributed by atoms with Crippen molar-refractivity contribution in [2.24, 2.45) is 0 Å². The summed E-state index contributed by atoms with van der Waals surface area (Å²) in [6.45, 7) is 11.4. The van der Waals surface area contributed by atoms with Gasteiger partial charge in [-0.3, -0.25) is 4.79 Å². The van der Waals surface area contributed by atoms with E-state index in [0.29, 0.717) is 45.2 Å². The van der Waals surface area contributed by atoms with Gasteiger partial charge in [-0.25, -0.2) is 0 Å². The molecule has 0 aliphatic heterocycles. The summed E-state index contributed by atoms with van der Waals surface area (Å²) in [6, 6.07) is 0. The molecule has 0 saturated heterocycles. The number of rotatable bonds is 13. The number of carbonyl (C=O) groups is 1. The minimum Gasteiger partial charge on any atom is -0.379 e. The predicted molar refractivity (Wildman–Crippen MR) is 75.2 cm³/mol. The fourth-order valence-corrected chi connectivity index (χ4v) is 1.18. The molecule has 5 heteroatoms. The van der Waals surface area contributed by atoms with Crippen LogP contribution in [-0.2, 0) is 19.0 Å². The maximum Gasteiger partial charge on any atom is 0.246 e. The molecule has 0 atom stereocenters. The fraction of sp³-hybridized carbons (Fsp3) is 0.786. The van der Waals surface area contributed by atoms with E-state index in [-0.39, 0.29) is 5.91 Å². The number of hydrogen-bond acceptors (Lipinski definition) is 4. The zero-order chi connectivity index (χ0) is 14.3. The van der Waals surface area contributed by atoms with E-state index in [2.05, 4.69) is 18.8 Å². The highest BCUT2D eigenvalue weighted by molar-refractivity contribution is 5.91. The molecular formula is C14H27NO4. The fourth-order valence-electron chi connectivity index (χ4n) is 1.18. The Balaban J connectivity index is 3.07. The van der Waals surface area contributed by atoms with Gasteiger partial charge in [0.05, 0.1) is 33.0 Å². The van der Waals surface area contributed by atoms with Gasteiger partial charge < -0.3 is 19.5 Å². The largest absolute Gasteiger partial charge is 0.379 e. The number of ether oxygens (including phenoxy) is 3. The molecule has 0 fully saturated rings. The Hall–Kier alpha value is -0.910. The third-order valence-corrected chi connectivity index (χ3v) is 2.31. The third kappa shape index (κ3) is 13.3. The normalized spacial score (nSPS) is 10.4. The van der Waals surface area contributed by atoms with Crippen LogP contribution in [0.2, 0.25) is 0 Å². The van der Waals surface area contributed by atoms with Crippen LogP contribution in [0.4, 0.5) is 0 Å². The Labute approximate surface area is 116 Å². The van der Waals surface area contributed by atoms with Gasteiger partial charge in [0.25, 0.3) is 0 Å². The van der Waals surface area contributed by atoms with Crippen molar-refractivity contribution in [3.63, 3.8) is 0 Å². The molecule has 0 aromatic heterocycles. The van der Waals surface area contributed by atoms with Gasteiger partial charge in [-0.2, -0.15) is 0 Å². The molecule has 0 spiro atoms. The molecule has 19 heavy (non-hydrogen) atoms. The van der Waals surface area contributed by atoms with Crippen LogP contribution < -0.4 is 5.32 Å². The van der Waals surface area contributed by atoms with Crippen LogP contribution in [0, 0.1) is 0 Å². The van der Waals surface area contributed by atoms with Crippen LogP contribution in [0.1, 0.15) is 26.7 Å². The molecule has 0 aliphatic carbocycles. The van der Waals surface area contributed by atoms with Crippen molar-refractivity contribution in [1.82, 2.24) is 5.32 Å². The highest BCUT2D eigenvalue weighted by Gasteiger charge is 1.99. The van der Waals surface area contributed by atoms with Crippen molar-refractivity contribution >= 4 is 5.91 Å². The van der Waals surface area contributed by atoms with Gasteiger partial charge in [-0.1, -0.05) is 19.9 Å². The van der Waals surface area contributed by atoms with Crippen molar-refractivity contribution in [2.75, 3.05) is 46.2 Å². The third-order valence-electron chi connectivity index (χ3n) is 2.31. The highest BCUT2D eigenvalue weighted by atomic mass is 16.5. The second-order valence-electron chi connectivity index (χ2n) is 4.23. The second-order valence-corrected chi connectivity index (χ2v) is 4.23.